The number of rotatable bonds is 6. The van der Waals surface area contributed by atoms with Crippen LogP contribution in [0.15, 0.2) is 40.0 Å². The van der Waals surface area contributed by atoms with Crippen molar-refractivity contribution in [2.75, 3.05) is 39.8 Å². The summed E-state index contributed by atoms with van der Waals surface area (Å²) in [6.07, 6.45) is 1.63. The van der Waals surface area contributed by atoms with Gasteiger partial charge in [-0.15, -0.1) is 24.0 Å². The van der Waals surface area contributed by atoms with E-state index in [2.05, 4.69) is 46.3 Å². The zero-order chi connectivity index (χ0) is 19.1. The molecule has 1 saturated heterocycles. The van der Waals surface area contributed by atoms with Crippen molar-refractivity contribution in [1.29, 1.82) is 0 Å². The van der Waals surface area contributed by atoms with Crippen molar-refractivity contribution in [3.8, 4) is 5.75 Å². The van der Waals surface area contributed by atoms with Crippen LogP contribution in [0.1, 0.15) is 23.7 Å². The molecule has 1 N–H and O–H groups in total. The number of hydrogen-bond donors (Lipinski definition) is 1. The number of nitrogens with zero attached hydrogens (tertiary/aromatic N) is 4. The lowest BCUT2D eigenvalue weighted by atomic mass is 10.1. The van der Waals surface area contributed by atoms with Gasteiger partial charge in [0.25, 0.3) is 0 Å². The Kier molecular flexibility index (Phi) is 9.04. The molecule has 0 amide bonds. The van der Waals surface area contributed by atoms with Crippen molar-refractivity contribution in [3.05, 3.63) is 47.3 Å². The first-order valence-electron chi connectivity index (χ1n) is 9.47. The maximum Gasteiger partial charge on any atom is 0.194 e. The largest absolute Gasteiger partial charge is 0.497 e. The molecule has 2 aromatic rings. The second-order valence-electron chi connectivity index (χ2n) is 6.78. The molecule has 1 aromatic carbocycles. The summed E-state index contributed by atoms with van der Waals surface area (Å²) in [5.41, 5.74) is 3.33. The summed E-state index contributed by atoms with van der Waals surface area (Å²) in [5, 5.41) is 7.43. The Bertz CT molecular complexity index is 743. The van der Waals surface area contributed by atoms with E-state index in [9.17, 15) is 0 Å². The topological polar surface area (TPSA) is 66.1 Å². The van der Waals surface area contributed by atoms with E-state index >= 15 is 0 Å². The van der Waals surface area contributed by atoms with Crippen LogP contribution in [-0.4, -0.2) is 60.7 Å². The molecule has 0 radical (unpaired) electrons. The van der Waals surface area contributed by atoms with Gasteiger partial charge < -0.3 is 19.5 Å². The summed E-state index contributed by atoms with van der Waals surface area (Å²) in [4.78, 5) is 9.58. The highest BCUT2D eigenvalue weighted by Crippen LogP contribution is 2.17. The van der Waals surface area contributed by atoms with Crippen LogP contribution in [0.25, 0.3) is 0 Å². The fourth-order valence-corrected chi connectivity index (χ4v) is 3.29. The number of nitrogens with one attached hydrogen (secondary N) is 1. The van der Waals surface area contributed by atoms with Crippen molar-refractivity contribution < 1.29 is 9.26 Å². The van der Waals surface area contributed by atoms with E-state index in [0.717, 1.165) is 62.2 Å². The number of guanidine groups is 1. The highest BCUT2D eigenvalue weighted by atomic mass is 127. The number of aromatic nitrogens is 1. The summed E-state index contributed by atoms with van der Waals surface area (Å²) in [7, 11) is 1.70. The number of aryl methyl sites for hydroxylation is 1. The van der Waals surface area contributed by atoms with Gasteiger partial charge in [0.2, 0.25) is 0 Å². The smallest absolute Gasteiger partial charge is 0.194 e. The van der Waals surface area contributed by atoms with Crippen LogP contribution in [0, 0.1) is 6.92 Å². The van der Waals surface area contributed by atoms with Gasteiger partial charge in [-0.2, -0.15) is 0 Å². The third kappa shape index (κ3) is 6.37. The average Bonchev–Trinajstić information content (AvgIpc) is 3.18. The first-order valence-corrected chi connectivity index (χ1v) is 9.47. The fourth-order valence-electron chi connectivity index (χ4n) is 3.29. The lowest BCUT2D eigenvalue weighted by Gasteiger charge is -2.36. The molecule has 0 bridgehead atoms. The molecule has 2 heterocycles. The molecule has 0 spiro atoms. The summed E-state index contributed by atoms with van der Waals surface area (Å²) in [6.45, 7) is 10.4. The predicted octanol–water partition coefficient (Wildman–Crippen LogP) is 2.89. The van der Waals surface area contributed by atoms with Gasteiger partial charge in [0.1, 0.15) is 12.0 Å². The normalized spacial score (nSPS) is 15.2. The molecule has 1 fully saturated rings. The van der Waals surface area contributed by atoms with E-state index in [-0.39, 0.29) is 24.0 Å². The van der Waals surface area contributed by atoms with Gasteiger partial charge in [-0.25, -0.2) is 4.99 Å². The third-order valence-electron chi connectivity index (χ3n) is 4.64. The molecule has 1 aliphatic heterocycles. The minimum absolute atomic E-state index is 0. The molecule has 1 aliphatic rings. The standard InChI is InChI=1S/C20H29N5O2.HI/c1-4-21-20(22-14-17-11-16(2)12-19(13-17)26-3)25-8-6-24(7-9-25)15-18-5-10-27-23-18;/h5,10-13H,4,6-9,14-15H2,1-3H3,(H,21,22);1H. The van der Waals surface area contributed by atoms with Gasteiger partial charge in [-0.3, -0.25) is 4.90 Å². The van der Waals surface area contributed by atoms with Crippen LogP contribution < -0.4 is 10.1 Å². The summed E-state index contributed by atoms with van der Waals surface area (Å²) in [6, 6.07) is 8.17. The van der Waals surface area contributed by atoms with Crippen LogP contribution in [-0.2, 0) is 13.1 Å². The first-order chi connectivity index (χ1) is 13.2. The molecule has 3 rings (SSSR count). The van der Waals surface area contributed by atoms with Crippen molar-refractivity contribution in [2.45, 2.75) is 26.9 Å². The van der Waals surface area contributed by atoms with Crippen LogP contribution >= 0.6 is 24.0 Å². The molecular formula is C20H30IN5O2. The van der Waals surface area contributed by atoms with Gasteiger partial charge in [0.05, 0.1) is 19.3 Å². The SMILES string of the molecule is CCNC(=NCc1cc(C)cc(OC)c1)N1CCN(Cc2ccon2)CC1.I. The monoisotopic (exact) mass is 499 g/mol. The Morgan fingerprint density at radius 2 is 2.04 bits per heavy atom. The van der Waals surface area contributed by atoms with E-state index in [0.29, 0.717) is 6.54 Å². The summed E-state index contributed by atoms with van der Waals surface area (Å²) >= 11 is 0. The molecule has 154 valence electrons. The zero-order valence-electron chi connectivity index (χ0n) is 16.9. The van der Waals surface area contributed by atoms with Gasteiger partial charge in [-0.05, 0) is 37.1 Å². The van der Waals surface area contributed by atoms with E-state index < -0.39 is 0 Å². The fraction of sp³-hybridized carbons (Fsp3) is 0.500. The number of halogens is 1. The van der Waals surface area contributed by atoms with Gasteiger partial charge in [0, 0.05) is 45.3 Å². The zero-order valence-corrected chi connectivity index (χ0v) is 19.2. The second-order valence-corrected chi connectivity index (χ2v) is 6.78. The maximum atomic E-state index is 5.37. The van der Waals surface area contributed by atoms with Crippen LogP contribution in [0.5, 0.6) is 5.75 Å². The lowest BCUT2D eigenvalue weighted by molar-refractivity contribution is 0.169. The Labute approximate surface area is 184 Å². The molecule has 0 saturated carbocycles. The maximum absolute atomic E-state index is 5.37. The molecule has 7 nitrogen and oxygen atoms in total. The second kappa shape index (κ2) is 11.3. The average molecular weight is 499 g/mol. The van der Waals surface area contributed by atoms with E-state index in [1.165, 1.54) is 5.56 Å². The van der Waals surface area contributed by atoms with Gasteiger partial charge in [0.15, 0.2) is 5.96 Å². The van der Waals surface area contributed by atoms with Crippen molar-refractivity contribution in [1.82, 2.24) is 20.3 Å². The first kappa shape index (κ1) is 22.5. The summed E-state index contributed by atoms with van der Waals surface area (Å²) < 4.78 is 10.3. The van der Waals surface area contributed by atoms with Gasteiger partial charge >= 0.3 is 0 Å². The molecule has 1 aromatic heterocycles. The molecule has 28 heavy (non-hydrogen) atoms. The highest BCUT2D eigenvalue weighted by Gasteiger charge is 2.20. The Balaban J connectivity index is 0.00000280. The predicted molar refractivity (Wildman–Crippen MR) is 121 cm³/mol. The number of aliphatic imine (C=N–C) groups is 1. The van der Waals surface area contributed by atoms with Crippen molar-refractivity contribution >= 4 is 29.9 Å². The van der Waals surface area contributed by atoms with Crippen LogP contribution in [0.4, 0.5) is 0 Å². The Morgan fingerprint density at radius 3 is 2.68 bits per heavy atom. The van der Waals surface area contributed by atoms with Crippen LogP contribution in [0.3, 0.4) is 0 Å². The molecule has 0 unspecified atom stereocenters. The number of methoxy groups -OCH3 is 1. The number of piperazine rings is 1. The molecular weight excluding hydrogens is 469 g/mol. The lowest BCUT2D eigenvalue weighted by Crippen LogP contribution is -2.52. The van der Waals surface area contributed by atoms with Crippen molar-refractivity contribution in [3.63, 3.8) is 0 Å². The van der Waals surface area contributed by atoms with Crippen LogP contribution in [0.2, 0.25) is 0 Å². The Morgan fingerprint density at radius 1 is 1.25 bits per heavy atom. The Hall–Kier alpha value is -1.81. The van der Waals surface area contributed by atoms with Gasteiger partial charge in [-0.1, -0.05) is 11.2 Å². The van der Waals surface area contributed by atoms with Crippen molar-refractivity contribution in [2.24, 2.45) is 4.99 Å². The van der Waals surface area contributed by atoms with E-state index in [1.54, 1.807) is 13.4 Å². The minimum Gasteiger partial charge on any atom is -0.497 e. The van der Waals surface area contributed by atoms with E-state index in [4.69, 9.17) is 14.3 Å². The quantitative estimate of drug-likeness (QED) is 0.375. The molecule has 0 atom stereocenters. The number of hydrogen-bond acceptors (Lipinski definition) is 5. The highest BCUT2D eigenvalue weighted by molar-refractivity contribution is 14.0. The number of benzene rings is 1. The molecule has 8 heteroatoms. The van der Waals surface area contributed by atoms with E-state index in [1.807, 2.05) is 12.1 Å². The summed E-state index contributed by atoms with van der Waals surface area (Å²) in [5.74, 6) is 1.85. The molecule has 0 aliphatic carbocycles. The number of ether oxygens (including phenoxy) is 1. The third-order valence-corrected chi connectivity index (χ3v) is 4.64. The minimum atomic E-state index is 0.